The molecule has 0 spiro atoms. The van der Waals surface area contributed by atoms with E-state index in [0.717, 1.165) is 16.7 Å². The number of carboxylic acids is 1. The summed E-state index contributed by atoms with van der Waals surface area (Å²) < 4.78 is 25.8. The molecule has 1 amide bonds. The average Bonchev–Trinajstić information content (AvgIpc) is 3.72. The number of carbonyl (C=O) groups is 2. The van der Waals surface area contributed by atoms with Crippen molar-refractivity contribution in [2.24, 2.45) is 0 Å². The normalized spacial score (nSPS) is 14.1. The summed E-state index contributed by atoms with van der Waals surface area (Å²) in [5, 5.41) is 15.2. The average molecular weight is 592 g/mol. The van der Waals surface area contributed by atoms with Gasteiger partial charge in [-0.05, 0) is 60.7 Å². The van der Waals surface area contributed by atoms with Crippen molar-refractivity contribution in [2.75, 3.05) is 5.32 Å². The summed E-state index contributed by atoms with van der Waals surface area (Å²) in [6.45, 7) is 1.71. The number of fused-ring (bicyclic) bond motifs is 1. The van der Waals surface area contributed by atoms with Crippen LogP contribution in [0.15, 0.2) is 95.4 Å². The number of anilines is 1. The number of aliphatic carboxylic acids is 1. The van der Waals surface area contributed by atoms with Gasteiger partial charge in [-0.2, -0.15) is 0 Å². The maximum absolute atomic E-state index is 14.2. The van der Waals surface area contributed by atoms with Crippen LogP contribution in [0, 0.1) is 5.82 Å². The first-order valence-corrected chi connectivity index (χ1v) is 13.5. The minimum atomic E-state index is -1.04. The number of carboxylic acid groups (broad SMARTS) is 1. The van der Waals surface area contributed by atoms with E-state index in [9.17, 15) is 19.1 Å². The molecule has 5 aromatic rings. The standard InChI is InChI=1S/C33H25ClFNO5.Na/c1-19(25-4-2-3-5-27(25)34)40-32(39)36-29-26-18-24(35)14-15-28(26)41-30(29)22-8-6-20(7-9-22)21-10-12-23(13-11-21)33(16-17-33)31(37)38;/h2-15,18-19H,16-17H2,1H3,(H,36,39)(H,37,38);/q;+1/p-1/t19-;/m1./s1. The molecule has 1 saturated carbocycles. The van der Waals surface area contributed by atoms with E-state index >= 15 is 0 Å². The van der Waals surface area contributed by atoms with Gasteiger partial charge in [0.1, 0.15) is 17.5 Å². The summed E-state index contributed by atoms with van der Waals surface area (Å²) in [7, 11) is 0. The van der Waals surface area contributed by atoms with Crippen LogP contribution in [-0.2, 0) is 14.9 Å². The zero-order valence-electron chi connectivity index (χ0n) is 22.9. The van der Waals surface area contributed by atoms with Gasteiger partial charge >= 0.3 is 35.7 Å². The molecule has 4 aromatic carbocycles. The Hall–Kier alpha value is -3.62. The first kappa shape index (κ1) is 29.9. The Kier molecular flexibility index (Phi) is 8.49. The number of halogens is 2. The molecule has 1 N–H and O–H groups in total. The fraction of sp³-hybridized carbons (Fsp3) is 0.152. The van der Waals surface area contributed by atoms with Gasteiger partial charge in [0.25, 0.3) is 0 Å². The minimum absolute atomic E-state index is 0. The van der Waals surface area contributed by atoms with E-state index in [2.05, 4.69) is 5.32 Å². The Labute approximate surface area is 268 Å². The third-order valence-corrected chi connectivity index (χ3v) is 7.91. The molecule has 0 aliphatic heterocycles. The molecule has 1 aromatic heterocycles. The number of ether oxygens (including phenoxy) is 1. The van der Waals surface area contributed by atoms with Gasteiger partial charge in [0.15, 0.2) is 5.76 Å². The topological polar surface area (TPSA) is 91.6 Å². The molecule has 0 radical (unpaired) electrons. The van der Waals surface area contributed by atoms with Gasteiger partial charge in [-0.1, -0.05) is 78.3 Å². The zero-order chi connectivity index (χ0) is 28.7. The molecule has 206 valence electrons. The predicted octanol–water partition coefficient (Wildman–Crippen LogP) is 4.65. The monoisotopic (exact) mass is 591 g/mol. The van der Waals surface area contributed by atoms with Gasteiger partial charge < -0.3 is 19.1 Å². The van der Waals surface area contributed by atoms with Gasteiger partial charge in [0.05, 0.1) is 11.7 Å². The van der Waals surface area contributed by atoms with Crippen molar-refractivity contribution >= 4 is 40.3 Å². The Morgan fingerprint density at radius 3 is 2.19 bits per heavy atom. The maximum atomic E-state index is 14.2. The first-order valence-electron chi connectivity index (χ1n) is 13.1. The van der Waals surface area contributed by atoms with E-state index in [1.54, 1.807) is 31.2 Å². The number of carbonyl (C=O) groups excluding carboxylic acids is 2. The predicted molar refractivity (Wildman–Crippen MR) is 153 cm³/mol. The molecule has 42 heavy (non-hydrogen) atoms. The molecular formula is C33H24ClFNNaO5. The van der Waals surface area contributed by atoms with E-state index in [0.29, 0.717) is 45.7 Å². The summed E-state index contributed by atoms with van der Waals surface area (Å²) in [5.74, 6) is -1.16. The van der Waals surface area contributed by atoms with Crippen molar-refractivity contribution in [1.82, 2.24) is 0 Å². The molecule has 6 rings (SSSR count). The second-order valence-corrected chi connectivity index (χ2v) is 10.6. The molecule has 6 nitrogen and oxygen atoms in total. The molecular weight excluding hydrogens is 568 g/mol. The number of hydrogen-bond acceptors (Lipinski definition) is 5. The Morgan fingerprint density at radius 1 is 0.952 bits per heavy atom. The molecule has 0 unspecified atom stereocenters. The molecule has 1 heterocycles. The maximum Gasteiger partial charge on any atom is 1.00 e. The summed E-state index contributed by atoms with van der Waals surface area (Å²) >= 11 is 6.25. The van der Waals surface area contributed by atoms with Crippen LogP contribution in [0.1, 0.15) is 37.0 Å². The molecule has 1 aliphatic rings. The summed E-state index contributed by atoms with van der Waals surface area (Å²) in [5.41, 5.74) is 3.70. The van der Waals surface area contributed by atoms with Crippen molar-refractivity contribution in [3.05, 3.63) is 113 Å². The number of furan rings is 1. The second-order valence-electron chi connectivity index (χ2n) is 10.2. The molecule has 0 bridgehead atoms. The quantitative estimate of drug-likeness (QED) is 0.278. The van der Waals surface area contributed by atoms with Gasteiger partial charge in [-0.3, -0.25) is 5.32 Å². The van der Waals surface area contributed by atoms with Gasteiger partial charge in [0, 0.05) is 27.0 Å². The minimum Gasteiger partial charge on any atom is -0.549 e. The van der Waals surface area contributed by atoms with Crippen LogP contribution >= 0.6 is 11.6 Å². The molecule has 0 saturated heterocycles. The fourth-order valence-corrected chi connectivity index (χ4v) is 5.38. The van der Waals surface area contributed by atoms with Crippen molar-refractivity contribution in [3.8, 4) is 22.5 Å². The van der Waals surface area contributed by atoms with E-state index in [4.69, 9.17) is 20.8 Å². The molecule has 9 heteroatoms. The van der Waals surface area contributed by atoms with E-state index in [1.807, 2.05) is 48.5 Å². The third kappa shape index (κ3) is 5.70. The van der Waals surface area contributed by atoms with Gasteiger partial charge in [0.2, 0.25) is 0 Å². The van der Waals surface area contributed by atoms with Crippen LogP contribution in [-0.4, -0.2) is 12.1 Å². The third-order valence-electron chi connectivity index (χ3n) is 7.56. The van der Waals surface area contributed by atoms with E-state index in [1.165, 1.54) is 18.2 Å². The van der Waals surface area contributed by atoms with Crippen LogP contribution in [0.3, 0.4) is 0 Å². The van der Waals surface area contributed by atoms with Crippen LogP contribution in [0.4, 0.5) is 14.9 Å². The van der Waals surface area contributed by atoms with Gasteiger partial charge in [-0.25, -0.2) is 9.18 Å². The fourth-order valence-electron chi connectivity index (χ4n) is 5.09. The molecule has 1 aliphatic carbocycles. The Bertz CT molecular complexity index is 1780. The first-order chi connectivity index (χ1) is 19.7. The smallest absolute Gasteiger partial charge is 0.549 e. The van der Waals surface area contributed by atoms with E-state index in [-0.39, 0.29) is 35.2 Å². The number of hydrogen-bond donors (Lipinski definition) is 1. The van der Waals surface area contributed by atoms with Crippen LogP contribution in [0.2, 0.25) is 5.02 Å². The number of nitrogens with one attached hydrogen (secondary N) is 1. The van der Waals surface area contributed by atoms with Crippen LogP contribution in [0.5, 0.6) is 0 Å². The number of benzene rings is 4. The summed E-state index contributed by atoms with van der Waals surface area (Å²) in [4.78, 5) is 24.5. The van der Waals surface area contributed by atoms with Crippen LogP contribution < -0.4 is 40.0 Å². The van der Waals surface area contributed by atoms with Crippen molar-refractivity contribution in [2.45, 2.75) is 31.3 Å². The van der Waals surface area contributed by atoms with Crippen molar-refractivity contribution in [1.29, 1.82) is 0 Å². The van der Waals surface area contributed by atoms with Crippen molar-refractivity contribution < 1.29 is 57.8 Å². The zero-order valence-corrected chi connectivity index (χ0v) is 25.7. The Balaban J connectivity index is 0.00000353. The number of rotatable bonds is 7. The van der Waals surface area contributed by atoms with Gasteiger partial charge in [-0.15, -0.1) is 0 Å². The number of amides is 1. The molecule has 1 atom stereocenters. The summed E-state index contributed by atoms with van der Waals surface area (Å²) in [6.07, 6.45) is -0.192. The Morgan fingerprint density at radius 2 is 1.57 bits per heavy atom. The molecule has 1 fully saturated rings. The van der Waals surface area contributed by atoms with E-state index < -0.39 is 29.4 Å². The second kappa shape index (κ2) is 11.9. The van der Waals surface area contributed by atoms with Crippen LogP contribution in [0.25, 0.3) is 33.4 Å². The SMILES string of the molecule is C[C@@H](OC(=O)Nc1c(-c2ccc(-c3ccc(C4(C(=O)[O-])CC4)cc3)cc2)oc2ccc(F)cc12)c1ccccc1Cl.[Na+]. The van der Waals surface area contributed by atoms with Crippen molar-refractivity contribution in [3.63, 3.8) is 0 Å². The summed E-state index contributed by atoms with van der Waals surface area (Å²) in [6, 6.07) is 26.1. The largest absolute Gasteiger partial charge is 1.00 e.